The smallest absolute Gasteiger partial charge is 0.155 e. The third kappa shape index (κ3) is 2.54. The van der Waals surface area contributed by atoms with E-state index in [4.69, 9.17) is 0 Å². The van der Waals surface area contributed by atoms with E-state index in [2.05, 4.69) is 23.1 Å². The van der Waals surface area contributed by atoms with Crippen molar-refractivity contribution in [1.29, 1.82) is 0 Å². The van der Waals surface area contributed by atoms with Crippen LogP contribution < -0.4 is 0 Å². The van der Waals surface area contributed by atoms with Crippen LogP contribution in [0.5, 0.6) is 0 Å². The van der Waals surface area contributed by atoms with Crippen molar-refractivity contribution in [3.63, 3.8) is 0 Å². The molecule has 0 spiro atoms. The lowest BCUT2D eigenvalue weighted by Crippen LogP contribution is -1.92. The molecule has 0 aliphatic carbocycles. The van der Waals surface area contributed by atoms with E-state index in [9.17, 15) is 0 Å². The van der Waals surface area contributed by atoms with E-state index in [0.29, 0.717) is 0 Å². The Morgan fingerprint density at radius 3 is 2.85 bits per heavy atom. The minimum absolute atomic E-state index is 0.800. The molecule has 1 rings (SSSR count). The quantitative estimate of drug-likeness (QED) is 0.710. The molecule has 0 aromatic carbocycles. The summed E-state index contributed by atoms with van der Waals surface area (Å²) in [6, 6.07) is 0. The second kappa shape index (κ2) is 4.60. The average Bonchev–Trinajstić information content (AvgIpc) is 2.44. The number of nitrogens with zero attached hydrogens (tertiary/aromatic N) is 3. The minimum atomic E-state index is 0.800. The van der Waals surface area contributed by atoms with Crippen molar-refractivity contribution in [3.8, 4) is 0 Å². The van der Waals surface area contributed by atoms with Crippen LogP contribution in [-0.4, -0.2) is 14.8 Å². The first-order chi connectivity index (χ1) is 6.27. The van der Waals surface area contributed by atoms with Gasteiger partial charge in [0.15, 0.2) is 5.82 Å². The van der Waals surface area contributed by atoms with Gasteiger partial charge in [0, 0.05) is 6.20 Å². The fourth-order valence-electron chi connectivity index (χ4n) is 1.02. The van der Waals surface area contributed by atoms with Crippen LogP contribution in [0.4, 0.5) is 0 Å². The third-order valence-electron chi connectivity index (χ3n) is 1.56. The zero-order chi connectivity index (χ0) is 9.68. The predicted octanol–water partition coefficient (Wildman–Crippen LogP) is 2.50. The van der Waals surface area contributed by atoms with Gasteiger partial charge in [-0.25, -0.2) is 9.67 Å². The van der Waals surface area contributed by atoms with Gasteiger partial charge in [-0.05, 0) is 26.3 Å². The second-order valence-electron chi connectivity index (χ2n) is 2.75. The first-order valence-corrected chi connectivity index (χ1v) is 4.50. The molecule has 70 valence electrons. The summed E-state index contributed by atoms with van der Waals surface area (Å²) in [5.41, 5.74) is 0. The lowest BCUT2D eigenvalue weighted by Gasteiger charge is -1.92. The topological polar surface area (TPSA) is 30.7 Å². The molecule has 0 N–H and O–H groups in total. The summed E-state index contributed by atoms with van der Waals surface area (Å²) >= 11 is 0. The first-order valence-electron chi connectivity index (χ1n) is 4.50. The third-order valence-corrected chi connectivity index (χ3v) is 1.56. The molecule has 1 aromatic heterocycles. The van der Waals surface area contributed by atoms with Gasteiger partial charge in [0.25, 0.3) is 0 Å². The normalized spacial score (nSPS) is 11.9. The van der Waals surface area contributed by atoms with E-state index in [1.807, 2.05) is 32.2 Å². The van der Waals surface area contributed by atoms with Crippen molar-refractivity contribution in [2.75, 3.05) is 0 Å². The predicted molar refractivity (Wildman–Crippen MR) is 55.1 cm³/mol. The molecule has 13 heavy (non-hydrogen) atoms. The molecule has 3 heteroatoms. The SMILES string of the molecule is C/C=C\c1nc(C)nn1/C=C\CC. The van der Waals surface area contributed by atoms with Gasteiger partial charge in [0.05, 0.1) is 0 Å². The average molecular weight is 177 g/mol. The van der Waals surface area contributed by atoms with Crippen LogP contribution in [0.3, 0.4) is 0 Å². The van der Waals surface area contributed by atoms with Gasteiger partial charge >= 0.3 is 0 Å². The highest BCUT2D eigenvalue weighted by Gasteiger charge is 1.99. The molecule has 0 bridgehead atoms. The molecule has 0 atom stereocenters. The molecule has 1 aromatic rings. The molecule has 3 nitrogen and oxygen atoms in total. The highest BCUT2D eigenvalue weighted by molar-refractivity contribution is 5.43. The Hall–Kier alpha value is -1.38. The number of allylic oxidation sites excluding steroid dienone is 2. The number of rotatable bonds is 3. The minimum Gasteiger partial charge on any atom is -0.221 e. The first kappa shape index (κ1) is 9.71. The maximum absolute atomic E-state index is 4.27. The Morgan fingerprint density at radius 1 is 1.46 bits per heavy atom. The van der Waals surface area contributed by atoms with Crippen molar-refractivity contribution < 1.29 is 0 Å². The summed E-state index contributed by atoms with van der Waals surface area (Å²) < 4.78 is 1.79. The molecular weight excluding hydrogens is 162 g/mol. The van der Waals surface area contributed by atoms with E-state index in [1.54, 1.807) is 4.68 Å². The van der Waals surface area contributed by atoms with E-state index < -0.39 is 0 Å². The van der Waals surface area contributed by atoms with E-state index in [-0.39, 0.29) is 0 Å². The number of hydrogen-bond donors (Lipinski definition) is 0. The highest BCUT2D eigenvalue weighted by Crippen LogP contribution is 2.01. The Labute approximate surface area is 78.8 Å². The fraction of sp³-hybridized carbons (Fsp3) is 0.400. The monoisotopic (exact) mass is 177 g/mol. The summed E-state index contributed by atoms with van der Waals surface area (Å²) in [5.74, 6) is 1.68. The fourth-order valence-corrected chi connectivity index (χ4v) is 1.02. The van der Waals surface area contributed by atoms with Crippen molar-refractivity contribution in [1.82, 2.24) is 14.8 Å². The Bertz CT molecular complexity index is 321. The van der Waals surface area contributed by atoms with Gasteiger partial charge in [0.1, 0.15) is 5.82 Å². The Morgan fingerprint density at radius 2 is 2.23 bits per heavy atom. The standard InChI is InChI=1S/C10H15N3/c1-4-6-8-13-10(7-5-2)11-9(3)12-13/h5-8H,4H2,1-3H3/b7-5-,8-6-. The summed E-state index contributed by atoms with van der Waals surface area (Å²) in [6.45, 7) is 5.96. The number of hydrogen-bond acceptors (Lipinski definition) is 2. The highest BCUT2D eigenvalue weighted by atomic mass is 15.3. The van der Waals surface area contributed by atoms with Gasteiger partial charge in [-0.1, -0.05) is 19.1 Å². The summed E-state index contributed by atoms with van der Waals surface area (Å²) in [4.78, 5) is 4.27. The van der Waals surface area contributed by atoms with E-state index >= 15 is 0 Å². The molecular formula is C10H15N3. The molecule has 0 saturated heterocycles. The lowest BCUT2D eigenvalue weighted by molar-refractivity contribution is 0.899. The lowest BCUT2D eigenvalue weighted by atomic mass is 10.4. The van der Waals surface area contributed by atoms with Gasteiger partial charge < -0.3 is 0 Å². The second-order valence-corrected chi connectivity index (χ2v) is 2.75. The zero-order valence-electron chi connectivity index (χ0n) is 8.36. The van der Waals surface area contributed by atoms with Crippen LogP contribution in [0.1, 0.15) is 31.9 Å². The molecule has 0 radical (unpaired) electrons. The van der Waals surface area contributed by atoms with Crippen molar-refractivity contribution >= 4 is 12.3 Å². The van der Waals surface area contributed by atoms with Crippen LogP contribution in [0.15, 0.2) is 12.2 Å². The van der Waals surface area contributed by atoms with Crippen molar-refractivity contribution in [3.05, 3.63) is 23.8 Å². The van der Waals surface area contributed by atoms with Gasteiger partial charge in [0.2, 0.25) is 0 Å². The largest absolute Gasteiger partial charge is 0.221 e. The van der Waals surface area contributed by atoms with Gasteiger partial charge in [-0.15, -0.1) is 0 Å². The Balaban J connectivity index is 2.97. The van der Waals surface area contributed by atoms with Gasteiger partial charge in [-0.3, -0.25) is 0 Å². The molecule has 0 saturated carbocycles. The molecule has 0 amide bonds. The van der Waals surface area contributed by atoms with Crippen LogP contribution in [0.2, 0.25) is 0 Å². The van der Waals surface area contributed by atoms with Crippen LogP contribution in [-0.2, 0) is 0 Å². The van der Waals surface area contributed by atoms with E-state index in [0.717, 1.165) is 18.1 Å². The molecule has 0 aliphatic rings. The Kier molecular flexibility index (Phi) is 3.43. The van der Waals surface area contributed by atoms with Crippen LogP contribution >= 0.6 is 0 Å². The van der Waals surface area contributed by atoms with Crippen LogP contribution in [0.25, 0.3) is 12.3 Å². The number of aromatic nitrogens is 3. The van der Waals surface area contributed by atoms with Crippen LogP contribution in [0, 0.1) is 6.92 Å². The summed E-state index contributed by atoms with van der Waals surface area (Å²) in [7, 11) is 0. The van der Waals surface area contributed by atoms with Crippen molar-refractivity contribution in [2.45, 2.75) is 27.2 Å². The molecule has 0 unspecified atom stereocenters. The van der Waals surface area contributed by atoms with E-state index in [1.165, 1.54) is 0 Å². The summed E-state index contributed by atoms with van der Waals surface area (Å²) in [6.07, 6.45) is 8.91. The maximum atomic E-state index is 4.27. The number of aryl methyl sites for hydroxylation is 1. The molecule has 1 heterocycles. The molecule has 0 aliphatic heterocycles. The zero-order valence-corrected chi connectivity index (χ0v) is 8.36. The molecule has 0 fully saturated rings. The summed E-state index contributed by atoms with van der Waals surface area (Å²) in [5, 5.41) is 4.23. The maximum Gasteiger partial charge on any atom is 0.155 e. The van der Waals surface area contributed by atoms with Gasteiger partial charge in [-0.2, -0.15) is 5.10 Å². The van der Waals surface area contributed by atoms with Crippen molar-refractivity contribution in [2.24, 2.45) is 0 Å².